The molecule has 0 radical (unpaired) electrons. The highest BCUT2D eigenvalue weighted by Crippen LogP contribution is 2.30. The number of aromatic nitrogens is 2. The maximum atomic E-state index is 10.0. The van der Waals surface area contributed by atoms with E-state index in [9.17, 15) is 5.11 Å². The lowest BCUT2D eigenvalue weighted by atomic mass is 10.1. The predicted octanol–water partition coefficient (Wildman–Crippen LogP) is 3.16. The van der Waals surface area contributed by atoms with Gasteiger partial charge < -0.3 is 15.7 Å². The molecule has 3 rings (SSSR count). The summed E-state index contributed by atoms with van der Waals surface area (Å²) in [5, 5.41) is 10.0. The number of rotatable bonds is 3. The Morgan fingerprint density at radius 3 is 2.22 bits per heavy atom. The Kier molecular flexibility index (Phi) is 3.85. The van der Waals surface area contributed by atoms with Crippen LogP contribution in [0.3, 0.4) is 0 Å². The minimum absolute atomic E-state index is 0.166. The quantitative estimate of drug-likeness (QED) is 0.777. The monoisotopic (exact) mass is 306 g/mol. The summed E-state index contributed by atoms with van der Waals surface area (Å²) in [5.74, 6) is 0.344. The zero-order chi connectivity index (χ0) is 16.4. The molecule has 0 aliphatic carbocycles. The van der Waals surface area contributed by atoms with Crippen LogP contribution in [0.1, 0.15) is 0 Å². The van der Waals surface area contributed by atoms with Crippen LogP contribution in [0.4, 0.5) is 11.6 Å². The summed E-state index contributed by atoms with van der Waals surface area (Å²) >= 11 is 0. The lowest BCUT2D eigenvalue weighted by Crippen LogP contribution is -2.08. The van der Waals surface area contributed by atoms with Gasteiger partial charge in [-0.25, -0.2) is 9.97 Å². The normalized spacial score (nSPS) is 10.5. The van der Waals surface area contributed by atoms with Crippen LogP contribution in [-0.4, -0.2) is 29.2 Å². The number of anilines is 2. The number of hydrogen-bond donors (Lipinski definition) is 2. The smallest absolute Gasteiger partial charge is 0.221 e. The van der Waals surface area contributed by atoms with E-state index < -0.39 is 0 Å². The number of nitrogens with zero attached hydrogens (tertiary/aromatic N) is 3. The lowest BCUT2D eigenvalue weighted by Gasteiger charge is -2.13. The topological polar surface area (TPSA) is 75.3 Å². The van der Waals surface area contributed by atoms with Gasteiger partial charge in [-0.3, -0.25) is 0 Å². The second-order valence-electron chi connectivity index (χ2n) is 5.46. The largest absolute Gasteiger partial charge is 0.507 e. The average molecular weight is 306 g/mol. The molecule has 0 aliphatic heterocycles. The zero-order valence-electron chi connectivity index (χ0n) is 13.1. The number of hydrogen-bond acceptors (Lipinski definition) is 5. The average Bonchev–Trinajstić information content (AvgIpc) is 2.55. The summed E-state index contributed by atoms with van der Waals surface area (Å²) in [5.41, 5.74) is 9.86. The van der Waals surface area contributed by atoms with E-state index in [0.717, 1.165) is 16.9 Å². The van der Waals surface area contributed by atoms with Crippen molar-refractivity contribution in [3.05, 3.63) is 54.6 Å². The molecule has 0 bridgehead atoms. The van der Waals surface area contributed by atoms with Gasteiger partial charge >= 0.3 is 0 Å². The van der Waals surface area contributed by atoms with Crippen molar-refractivity contribution in [1.29, 1.82) is 0 Å². The van der Waals surface area contributed by atoms with Crippen LogP contribution >= 0.6 is 0 Å². The lowest BCUT2D eigenvalue weighted by molar-refractivity contribution is 0.477. The number of aromatic hydroxyl groups is 1. The van der Waals surface area contributed by atoms with Crippen LogP contribution < -0.4 is 10.6 Å². The molecule has 0 atom stereocenters. The molecule has 23 heavy (non-hydrogen) atoms. The van der Waals surface area contributed by atoms with Crippen molar-refractivity contribution < 1.29 is 5.11 Å². The first-order chi connectivity index (χ1) is 11.0. The van der Waals surface area contributed by atoms with Crippen molar-refractivity contribution in [2.75, 3.05) is 24.7 Å². The number of para-hydroxylation sites is 1. The molecule has 5 nitrogen and oxygen atoms in total. The Labute approximate surface area is 135 Å². The van der Waals surface area contributed by atoms with Gasteiger partial charge in [0.2, 0.25) is 5.95 Å². The van der Waals surface area contributed by atoms with E-state index in [1.54, 1.807) is 18.2 Å². The second-order valence-corrected chi connectivity index (χ2v) is 5.46. The number of benzene rings is 2. The maximum absolute atomic E-state index is 10.0. The van der Waals surface area contributed by atoms with E-state index in [4.69, 9.17) is 5.73 Å². The second kappa shape index (κ2) is 5.96. The molecule has 1 aromatic heterocycles. The SMILES string of the molecule is CN(C)c1ccc(-c2cc(-c3ccccc3O)nc(N)n2)cc1. The first-order valence-electron chi connectivity index (χ1n) is 7.25. The first-order valence-corrected chi connectivity index (χ1v) is 7.25. The van der Waals surface area contributed by atoms with Gasteiger partial charge in [0.15, 0.2) is 0 Å². The van der Waals surface area contributed by atoms with E-state index in [2.05, 4.69) is 9.97 Å². The van der Waals surface area contributed by atoms with E-state index in [-0.39, 0.29) is 11.7 Å². The predicted molar refractivity (Wildman–Crippen MR) is 93.3 cm³/mol. The summed E-state index contributed by atoms with van der Waals surface area (Å²) in [6.45, 7) is 0. The van der Waals surface area contributed by atoms with Gasteiger partial charge in [0.1, 0.15) is 5.75 Å². The highest BCUT2D eigenvalue weighted by molar-refractivity contribution is 5.73. The van der Waals surface area contributed by atoms with Crippen LogP contribution in [0.15, 0.2) is 54.6 Å². The third-order valence-electron chi connectivity index (χ3n) is 3.60. The van der Waals surface area contributed by atoms with Crippen molar-refractivity contribution in [2.24, 2.45) is 0 Å². The summed E-state index contributed by atoms with van der Waals surface area (Å²) in [7, 11) is 3.99. The number of phenolic OH excluding ortho intramolecular Hbond substituents is 1. The molecule has 0 unspecified atom stereocenters. The van der Waals surface area contributed by atoms with E-state index in [1.807, 2.05) is 55.4 Å². The first kappa shape index (κ1) is 14.8. The molecule has 0 fully saturated rings. The molecule has 0 saturated carbocycles. The fourth-order valence-electron chi connectivity index (χ4n) is 2.37. The minimum Gasteiger partial charge on any atom is -0.507 e. The Morgan fingerprint density at radius 2 is 1.57 bits per heavy atom. The standard InChI is InChI=1S/C18H18N4O/c1-22(2)13-9-7-12(8-10-13)15-11-16(21-18(19)20-15)14-5-3-4-6-17(14)23/h3-11,23H,1-2H3,(H2,19,20,21). The molecule has 0 amide bonds. The summed E-state index contributed by atoms with van der Waals surface area (Å²) in [6.07, 6.45) is 0. The van der Waals surface area contributed by atoms with Crippen LogP contribution in [0.25, 0.3) is 22.5 Å². The molecule has 0 aliphatic rings. The van der Waals surface area contributed by atoms with Gasteiger partial charge in [-0.2, -0.15) is 0 Å². The van der Waals surface area contributed by atoms with Gasteiger partial charge in [0.05, 0.1) is 11.4 Å². The molecule has 0 saturated heterocycles. The van der Waals surface area contributed by atoms with Gasteiger partial charge in [-0.05, 0) is 30.3 Å². The molecule has 116 valence electrons. The van der Waals surface area contributed by atoms with Gasteiger partial charge in [0, 0.05) is 30.9 Å². The molecular weight excluding hydrogens is 288 g/mol. The number of phenols is 1. The third-order valence-corrected chi connectivity index (χ3v) is 3.60. The molecule has 0 spiro atoms. The molecule has 3 aromatic rings. The molecule has 3 N–H and O–H groups in total. The Morgan fingerprint density at radius 1 is 0.913 bits per heavy atom. The van der Waals surface area contributed by atoms with Crippen LogP contribution in [0, 0.1) is 0 Å². The Balaban J connectivity index is 2.06. The van der Waals surface area contributed by atoms with Gasteiger partial charge in [0.25, 0.3) is 0 Å². The zero-order valence-corrected chi connectivity index (χ0v) is 13.1. The van der Waals surface area contributed by atoms with Crippen molar-refractivity contribution in [3.63, 3.8) is 0 Å². The molecule has 5 heteroatoms. The fourth-order valence-corrected chi connectivity index (χ4v) is 2.37. The molecular formula is C18H18N4O. The van der Waals surface area contributed by atoms with Crippen molar-refractivity contribution in [3.8, 4) is 28.3 Å². The fraction of sp³-hybridized carbons (Fsp3) is 0.111. The number of nitrogens with two attached hydrogens (primary N) is 1. The Hall–Kier alpha value is -3.08. The van der Waals surface area contributed by atoms with Crippen LogP contribution in [0.5, 0.6) is 5.75 Å². The summed E-state index contributed by atoms with van der Waals surface area (Å²) < 4.78 is 0. The number of nitrogen functional groups attached to an aromatic ring is 1. The highest BCUT2D eigenvalue weighted by Gasteiger charge is 2.10. The minimum atomic E-state index is 0.166. The molecule has 2 aromatic carbocycles. The van der Waals surface area contributed by atoms with Gasteiger partial charge in [-0.1, -0.05) is 24.3 Å². The van der Waals surface area contributed by atoms with Crippen molar-refractivity contribution in [1.82, 2.24) is 9.97 Å². The van der Waals surface area contributed by atoms with Crippen molar-refractivity contribution >= 4 is 11.6 Å². The van der Waals surface area contributed by atoms with E-state index in [0.29, 0.717) is 11.3 Å². The Bertz CT molecular complexity index is 829. The van der Waals surface area contributed by atoms with Crippen molar-refractivity contribution in [2.45, 2.75) is 0 Å². The molecule has 1 heterocycles. The summed E-state index contributed by atoms with van der Waals surface area (Å²) in [4.78, 5) is 10.6. The third kappa shape index (κ3) is 3.08. The van der Waals surface area contributed by atoms with Gasteiger partial charge in [-0.15, -0.1) is 0 Å². The van der Waals surface area contributed by atoms with Crippen LogP contribution in [-0.2, 0) is 0 Å². The highest BCUT2D eigenvalue weighted by atomic mass is 16.3. The summed E-state index contributed by atoms with van der Waals surface area (Å²) in [6, 6.07) is 16.9. The van der Waals surface area contributed by atoms with E-state index in [1.165, 1.54) is 0 Å². The van der Waals surface area contributed by atoms with E-state index >= 15 is 0 Å². The van der Waals surface area contributed by atoms with Crippen LogP contribution in [0.2, 0.25) is 0 Å². The maximum Gasteiger partial charge on any atom is 0.221 e.